The van der Waals surface area contributed by atoms with Gasteiger partial charge >= 0.3 is 7.60 Å². The van der Waals surface area contributed by atoms with Crippen molar-refractivity contribution in [3.8, 4) is 11.3 Å². The lowest BCUT2D eigenvalue weighted by Gasteiger charge is -2.19. The quantitative estimate of drug-likeness (QED) is 0.431. The summed E-state index contributed by atoms with van der Waals surface area (Å²) in [5, 5.41) is 14.7. The van der Waals surface area contributed by atoms with Crippen LogP contribution in [0.3, 0.4) is 0 Å². The summed E-state index contributed by atoms with van der Waals surface area (Å²) in [4.78, 5) is 0. The van der Waals surface area contributed by atoms with Gasteiger partial charge in [-0.25, -0.2) is 4.52 Å². The van der Waals surface area contributed by atoms with E-state index in [-0.39, 0.29) is 18.6 Å². The highest BCUT2D eigenvalue weighted by Crippen LogP contribution is 2.48. The summed E-state index contributed by atoms with van der Waals surface area (Å²) in [6, 6.07) is 14.8. The predicted molar refractivity (Wildman–Crippen MR) is 109 cm³/mol. The number of rotatable bonds is 6. The van der Waals surface area contributed by atoms with Gasteiger partial charge in [0.15, 0.2) is 5.65 Å². The molecule has 2 heterocycles. The zero-order valence-electron chi connectivity index (χ0n) is 15.4. The van der Waals surface area contributed by atoms with E-state index >= 15 is 0 Å². The Kier molecular flexibility index (Phi) is 5.17. The maximum absolute atomic E-state index is 13.5. The van der Waals surface area contributed by atoms with Crippen LogP contribution in [0.2, 0.25) is 5.02 Å². The van der Waals surface area contributed by atoms with Gasteiger partial charge in [0.05, 0.1) is 18.7 Å². The summed E-state index contributed by atoms with van der Waals surface area (Å²) in [7, 11) is -3.70. The van der Waals surface area contributed by atoms with Gasteiger partial charge in [-0.1, -0.05) is 35.9 Å². The van der Waals surface area contributed by atoms with Gasteiger partial charge in [0, 0.05) is 16.0 Å². The average Bonchev–Trinajstić information content (AvgIpc) is 3.07. The normalized spacial score (nSPS) is 12.1. The molecule has 2 aromatic heterocycles. The molecule has 0 aliphatic carbocycles. The van der Waals surface area contributed by atoms with E-state index in [1.54, 1.807) is 30.5 Å². The number of nitrogens with zero attached hydrogens (tertiary/aromatic N) is 4. The molecule has 0 spiro atoms. The molecule has 0 bridgehead atoms. The molecule has 2 aromatic carbocycles. The lowest BCUT2D eigenvalue weighted by atomic mass is 10.1. The predicted octanol–water partition coefficient (Wildman–Crippen LogP) is 4.49. The zero-order valence-corrected chi connectivity index (χ0v) is 17.0. The summed E-state index contributed by atoms with van der Waals surface area (Å²) in [5.41, 5.74) is 2.67. The van der Waals surface area contributed by atoms with Crippen LogP contribution in [0, 0.1) is 0 Å². The van der Waals surface area contributed by atoms with Crippen molar-refractivity contribution in [3.63, 3.8) is 0 Å². The fraction of sp³-hybridized carbons (Fsp3) is 0.211. The molecule has 144 valence electrons. The molecule has 0 radical (unpaired) electrons. The minimum atomic E-state index is -3.70. The van der Waals surface area contributed by atoms with E-state index in [1.165, 1.54) is 0 Å². The molecule has 0 saturated carbocycles. The fourth-order valence-corrected chi connectivity index (χ4v) is 4.81. The van der Waals surface area contributed by atoms with Crippen molar-refractivity contribution in [2.75, 3.05) is 13.2 Å². The molecule has 0 aliphatic heterocycles. The number of benzene rings is 2. The number of fused-ring (bicyclic) bond motifs is 3. The van der Waals surface area contributed by atoms with E-state index in [0.29, 0.717) is 16.4 Å². The Morgan fingerprint density at radius 1 is 1.00 bits per heavy atom. The van der Waals surface area contributed by atoms with Crippen LogP contribution in [0.4, 0.5) is 0 Å². The molecule has 0 aliphatic rings. The van der Waals surface area contributed by atoms with Gasteiger partial charge in [-0.15, -0.1) is 10.2 Å². The Bertz CT molecular complexity index is 1180. The monoisotopic (exact) mass is 416 g/mol. The van der Waals surface area contributed by atoms with Crippen molar-refractivity contribution < 1.29 is 13.6 Å². The second-order valence-electron chi connectivity index (χ2n) is 5.96. The third-order valence-electron chi connectivity index (χ3n) is 4.19. The van der Waals surface area contributed by atoms with Gasteiger partial charge in [0.25, 0.3) is 0 Å². The Morgan fingerprint density at radius 3 is 2.36 bits per heavy atom. The Morgan fingerprint density at radius 2 is 1.68 bits per heavy atom. The van der Waals surface area contributed by atoms with Crippen molar-refractivity contribution >= 4 is 41.2 Å². The van der Waals surface area contributed by atoms with E-state index in [9.17, 15) is 4.57 Å². The Balaban J connectivity index is 2.09. The molecule has 9 heteroatoms. The first-order valence-corrected chi connectivity index (χ1v) is 10.8. The van der Waals surface area contributed by atoms with Gasteiger partial charge in [-0.2, -0.15) is 5.10 Å². The van der Waals surface area contributed by atoms with Gasteiger partial charge in [0.1, 0.15) is 5.69 Å². The van der Waals surface area contributed by atoms with Crippen LogP contribution in [-0.4, -0.2) is 33.0 Å². The lowest BCUT2D eigenvalue weighted by molar-refractivity contribution is 0.229. The lowest BCUT2D eigenvalue weighted by Crippen LogP contribution is -2.22. The van der Waals surface area contributed by atoms with Crippen LogP contribution in [0.1, 0.15) is 13.8 Å². The van der Waals surface area contributed by atoms with Crippen molar-refractivity contribution in [2.24, 2.45) is 0 Å². The minimum absolute atomic E-state index is 0.124. The van der Waals surface area contributed by atoms with Crippen molar-refractivity contribution in [1.29, 1.82) is 0 Å². The molecule has 0 atom stereocenters. The molecule has 0 saturated heterocycles. The molecule has 0 amide bonds. The van der Waals surface area contributed by atoms with Gasteiger partial charge in [0.2, 0.25) is 5.44 Å². The van der Waals surface area contributed by atoms with Crippen molar-refractivity contribution in [1.82, 2.24) is 19.8 Å². The van der Waals surface area contributed by atoms with Crippen LogP contribution >= 0.6 is 19.2 Å². The van der Waals surface area contributed by atoms with E-state index in [1.807, 2.05) is 36.4 Å². The second kappa shape index (κ2) is 7.60. The molecule has 7 nitrogen and oxygen atoms in total. The Labute approximate surface area is 166 Å². The third-order valence-corrected chi connectivity index (χ3v) is 6.46. The summed E-state index contributed by atoms with van der Waals surface area (Å²) in [6.07, 6.45) is 0. The number of halogens is 1. The maximum atomic E-state index is 13.5. The molecule has 0 N–H and O–H groups in total. The molecule has 4 aromatic rings. The van der Waals surface area contributed by atoms with Crippen molar-refractivity contribution in [2.45, 2.75) is 13.8 Å². The first-order chi connectivity index (χ1) is 13.6. The van der Waals surface area contributed by atoms with Crippen LogP contribution in [-0.2, 0) is 13.6 Å². The largest absolute Gasteiger partial charge is 0.383 e. The van der Waals surface area contributed by atoms with E-state index in [4.69, 9.17) is 20.6 Å². The smallest absolute Gasteiger partial charge is 0.304 e. The van der Waals surface area contributed by atoms with Crippen molar-refractivity contribution in [3.05, 3.63) is 53.6 Å². The standard InChI is InChI=1S/C19H18ClN4O3P/c1-3-26-28(25,27-4-2)19-17(13-9-11-14(20)12-10-13)24-18(21-22-19)15-7-5-6-8-16(15)23-24/h5-12H,3-4H2,1-2H3. The van der Waals surface area contributed by atoms with E-state index in [2.05, 4.69) is 15.3 Å². The third kappa shape index (κ3) is 3.20. The van der Waals surface area contributed by atoms with E-state index in [0.717, 1.165) is 16.5 Å². The molecular weight excluding hydrogens is 399 g/mol. The second-order valence-corrected chi connectivity index (χ2v) is 8.34. The molecule has 0 unspecified atom stereocenters. The van der Waals surface area contributed by atoms with Crippen LogP contribution in [0.15, 0.2) is 48.5 Å². The zero-order chi connectivity index (χ0) is 19.7. The van der Waals surface area contributed by atoms with E-state index < -0.39 is 7.60 Å². The summed E-state index contributed by atoms with van der Waals surface area (Å²) in [6.45, 7) is 3.92. The number of hydrogen-bond donors (Lipinski definition) is 0. The van der Waals surface area contributed by atoms with Crippen LogP contribution in [0.25, 0.3) is 27.8 Å². The average molecular weight is 417 g/mol. The van der Waals surface area contributed by atoms with Gasteiger partial charge < -0.3 is 9.05 Å². The summed E-state index contributed by atoms with van der Waals surface area (Å²) < 4.78 is 26.2. The number of aromatic nitrogens is 4. The highest BCUT2D eigenvalue weighted by Gasteiger charge is 2.35. The fourth-order valence-electron chi connectivity index (χ4n) is 3.05. The highest BCUT2D eigenvalue weighted by atomic mass is 35.5. The maximum Gasteiger partial charge on any atom is 0.383 e. The Hall–Kier alpha value is -2.31. The summed E-state index contributed by atoms with van der Waals surface area (Å²) in [5.74, 6) is 0. The molecule has 0 fully saturated rings. The molecule has 4 rings (SSSR count). The number of hydrogen-bond acceptors (Lipinski definition) is 6. The highest BCUT2D eigenvalue weighted by molar-refractivity contribution is 7.62. The summed E-state index contributed by atoms with van der Waals surface area (Å²) >= 11 is 6.06. The van der Waals surface area contributed by atoms with Crippen LogP contribution < -0.4 is 5.44 Å². The SMILES string of the molecule is CCOP(=O)(OCC)c1nnc2c3ccccc3nn2c1-c1ccc(Cl)cc1. The van der Waals surface area contributed by atoms with Gasteiger partial charge in [-0.3, -0.25) is 4.57 Å². The van der Waals surface area contributed by atoms with Crippen LogP contribution in [0.5, 0.6) is 0 Å². The van der Waals surface area contributed by atoms with Gasteiger partial charge in [-0.05, 0) is 38.1 Å². The minimum Gasteiger partial charge on any atom is -0.304 e. The topological polar surface area (TPSA) is 78.6 Å². The molecule has 28 heavy (non-hydrogen) atoms. The first kappa shape index (κ1) is 19.0. The molecular formula is C19H18ClN4O3P. The first-order valence-electron chi connectivity index (χ1n) is 8.87.